The minimum absolute atomic E-state index is 0.167. The monoisotopic (exact) mass is 262 g/mol. The van der Waals surface area contributed by atoms with Crippen LogP contribution in [0, 0.1) is 28.1 Å². The standard InChI is InChI=1S/C17H26O2/c1-11(18)19-13-7-8-15(2,3)17-9-6-12(10-17)16(4,5)14(13)17/h7,12,14H,6,8-10H2,1-5H3. The van der Waals surface area contributed by atoms with E-state index in [1.807, 2.05) is 0 Å². The zero-order valence-corrected chi connectivity index (χ0v) is 12.9. The lowest BCUT2D eigenvalue weighted by molar-refractivity contribution is -0.141. The van der Waals surface area contributed by atoms with E-state index in [1.165, 1.54) is 26.2 Å². The third-order valence-electron chi connectivity index (χ3n) is 6.61. The number of ether oxygens (including phenoxy) is 1. The van der Waals surface area contributed by atoms with Gasteiger partial charge < -0.3 is 4.74 Å². The van der Waals surface area contributed by atoms with Gasteiger partial charge in [0.25, 0.3) is 0 Å². The van der Waals surface area contributed by atoms with Gasteiger partial charge in [-0.05, 0) is 53.9 Å². The van der Waals surface area contributed by atoms with Crippen LogP contribution in [0.2, 0.25) is 0 Å². The SMILES string of the molecule is CC(=O)OC1=CCC(C)(C)C23CCC(C2)C(C)(C)C13. The smallest absolute Gasteiger partial charge is 0.307 e. The highest BCUT2D eigenvalue weighted by Crippen LogP contribution is 2.75. The van der Waals surface area contributed by atoms with Crippen LogP contribution in [0.1, 0.15) is 60.3 Å². The van der Waals surface area contributed by atoms with Crippen LogP contribution >= 0.6 is 0 Å². The van der Waals surface area contributed by atoms with Crippen molar-refractivity contribution in [3.63, 3.8) is 0 Å². The van der Waals surface area contributed by atoms with Crippen molar-refractivity contribution >= 4 is 5.97 Å². The second-order valence-electron chi connectivity index (χ2n) is 8.14. The van der Waals surface area contributed by atoms with Gasteiger partial charge in [0.1, 0.15) is 5.76 Å². The molecule has 0 aromatic heterocycles. The van der Waals surface area contributed by atoms with Crippen molar-refractivity contribution in [2.24, 2.45) is 28.1 Å². The van der Waals surface area contributed by atoms with E-state index in [-0.39, 0.29) is 11.4 Å². The summed E-state index contributed by atoms with van der Waals surface area (Å²) in [5, 5.41) is 0. The lowest BCUT2D eigenvalue weighted by atomic mass is 9.50. The fourth-order valence-electron chi connectivity index (χ4n) is 5.51. The Hall–Kier alpha value is -0.790. The normalized spacial score (nSPS) is 41.6. The van der Waals surface area contributed by atoms with Crippen LogP contribution in [-0.2, 0) is 9.53 Å². The summed E-state index contributed by atoms with van der Waals surface area (Å²) >= 11 is 0. The number of carbonyl (C=O) groups is 1. The molecule has 0 aliphatic heterocycles. The summed E-state index contributed by atoms with van der Waals surface area (Å²) in [6, 6.07) is 0. The van der Waals surface area contributed by atoms with Crippen molar-refractivity contribution in [2.75, 3.05) is 0 Å². The average Bonchev–Trinajstić information content (AvgIpc) is 2.78. The van der Waals surface area contributed by atoms with E-state index in [4.69, 9.17) is 4.74 Å². The highest BCUT2D eigenvalue weighted by molar-refractivity contribution is 5.67. The number of esters is 1. The number of fused-ring (bicyclic) bond motifs is 1. The molecule has 3 aliphatic rings. The summed E-state index contributed by atoms with van der Waals surface area (Å²) in [4.78, 5) is 11.4. The van der Waals surface area contributed by atoms with E-state index in [0.29, 0.717) is 16.7 Å². The molecule has 3 atom stereocenters. The van der Waals surface area contributed by atoms with E-state index >= 15 is 0 Å². The Balaban J connectivity index is 2.09. The van der Waals surface area contributed by atoms with Gasteiger partial charge in [0, 0.05) is 12.8 Å². The fraction of sp³-hybridized carbons (Fsp3) is 0.824. The van der Waals surface area contributed by atoms with Gasteiger partial charge in [0.2, 0.25) is 0 Å². The molecule has 19 heavy (non-hydrogen) atoms. The Morgan fingerprint density at radius 3 is 2.63 bits per heavy atom. The largest absolute Gasteiger partial charge is 0.431 e. The lowest BCUT2D eigenvalue weighted by Crippen LogP contribution is -2.48. The van der Waals surface area contributed by atoms with Crippen LogP contribution in [0.3, 0.4) is 0 Å². The van der Waals surface area contributed by atoms with Gasteiger partial charge in [-0.15, -0.1) is 0 Å². The molecule has 0 aromatic rings. The molecule has 0 radical (unpaired) electrons. The van der Waals surface area contributed by atoms with E-state index in [1.54, 1.807) is 0 Å². The van der Waals surface area contributed by atoms with Gasteiger partial charge >= 0.3 is 5.97 Å². The van der Waals surface area contributed by atoms with E-state index in [9.17, 15) is 4.79 Å². The van der Waals surface area contributed by atoms with Gasteiger partial charge in [0.15, 0.2) is 0 Å². The molecule has 2 bridgehead atoms. The van der Waals surface area contributed by atoms with Gasteiger partial charge in [0.05, 0.1) is 0 Å². The summed E-state index contributed by atoms with van der Waals surface area (Å²) in [6.45, 7) is 11.1. The Kier molecular flexibility index (Phi) is 2.54. The van der Waals surface area contributed by atoms with Gasteiger partial charge in [-0.2, -0.15) is 0 Å². The summed E-state index contributed by atoms with van der Waals surface area (Å²) in [6.07, 6.45) is 7.20. The Labute approximate surface area is 116 Å². The highest BCUT2D eigenvalue weighted by atomic mass is 16.5. The van der Waals surface area contributed by atoms with Crippen LogP contribution < -0.4 is 0 Å². The molecule has 3 unspecified atom stereocenters. The third-order valence-corrected chi connectivity index (χ3v) is 6.61. The molecular weight excluding hydrogens is 236 g/mol. The van der Waals surface area contributed by atoms with Crippen molar-refractivity contribution in [3.8, 4) is 0 Å². The van der Waals surface area contributed by atoms with Crippen LogP contribution in [0.15, 0.2) is 11.8 Å². The first-order valence-corrected chi connectivity index (χ1v) is 7.59. The predicted molar refractivity (Wildman–Crippen MR) is 75.3 cm³/mol. The molecule has 2 saturated carbocycles. The Morgan fingerprint density at radius 1 is 1.32 bits per heavy atom. The highest BCUT2D eigenvalue weighted by Gasteiger charge is 2.68. The van der Waals surface area contributed by atoms with Crippen LogP contribution in [0.5, 0.6) is 0 Å². The average molecular weight is 262 g/mol. The first kappa shape index (κ1) is 13.2. The van der Waals surface area contributed by atoms with E-state index in [2.05, 4.69) is 33.8 Å². The second-order valence-corrected chi connectivity index (χ2v) is 8.14. The van der Waals surface area contributed by atoms with Crippen molar-refractivity contribution in [1.29, 1.82) is 0 Å². The Bertz CT molecular complexity index is 458. The van der Waals surface area contributed by atoms with Gasteiger partial charge in [-0.1, -0.05) is 27.7 Å². The van der Waals surface area contributed by atoms with E-state index < -0.39 is 0 Å². The molecule has 1 spiro atoms. The molecule has 2 heteroatoms. The Morgan fingerprint density at radius 2 is 2.00 bits per heavy atom. The second kappa shape index (κ2) is 3.65. The lowest BCUT2D eigenvalue weighted by Gasteiger charge is -2.54. The third kappa shape index (κ3) is 1.52. The van der Waals surface area contributed by atoms with Gasteiger partial charge in [-0.3, -0.25) is 4.79 Å². The molecule has 0 saturated heterocycles. The number of carbonyl (C=O) groups excluding carboxylic acids is 1. The first-order chi connectivity index (χ1) is 8.71. The molecule has 0 aromatic carbocycles. The van der Waals surface area contributed by atoms with Crippen LogP contribution in [-0.4, -0.2) is 5.97 Å². The molecule has 0 heterocycles. The van der Waals surface area contributed by atoms with Crippen molar-refractivity contribution < 1.29 is 9.53 Å². The zero-order valence-electron chi connectivity index (χ0n) is 12.9. The molecule has 3 rings (SSSR count). The molecule has 0 N–H and O–H groups in total. The van der Waals surface area contributed by atoms with E-state index in [0.717, 1.165) is 18.1 Å². The van der Waals surface area contributed by atoms with Crippen LogP contribution in [0.4, 0.5) is 0 Å². The quantitative estimate of drug-likeness (QED) is 0.658. The summed E-state index contributed by atoms with van der Waals surface area (Å²) in [7, 11) is 0. The maximum absolute atomic E-state index is 11.4. The number of allylic oxidation sites excluding steroid dienone is 2. The number of hydrogen-bond donors (Lipinski definition) is 0. The van der Waals surface area contributed by atoms with Crippen molar-refractivity contribution in [3.05, 3.63) is 11.8 Å². The summed E-state index contributed by atoms with van der Waals surface area (Å²) in [5.41, 5.74) is 0.932. The first-order valence-electron chi connectivity index (χ1n) is 7.59. The van der Waals surface area contributed by atoms with Crippen LogP contribution in [0.25, 0.3) is 0 Å². The molecule has 2 nitrogen and oxygen atoms in total. The summed E-state index contributed by atoms with van der Waals surface area (Å²) < 4.78 is 5.60. The molecular formula is C17H26O2. The number of hydrogen-bond acceptors (Lipinski definition) is 2. The fourth-order valence-corrected chi connectivity index (χ4v) is 5.51. The number of rotatable bonds is 1. The molecule has 3 aliphatic carbocycles. The minimum Gasteiger partial charge on any atom is -0.431 e. The topological polar surface area (TPSA) is 26.3 Å². The maximum atomic E-state index is 11.4. The zero-order chi connectivity index (χ0) is 14.1. The predicted octanol–water partition coefficient (Wildman–Crippen LogP) is 4.31. The molecule has 2 fully saturated rings. The minimum atomic E-state index is -0.167. The van der Waals surface area contributed by atoms with Crippen molar-refractivity contribution in [2.45, 2.75) is 60.3 Å². The van der Waals surface area contributed by atoms with Crippen molar-refractivity contribution in [1.82, 2.24) is 0 Å². The van der Waals surface area contributed by atoms with Gasteiger partial charge in [-0.25, -0.2) is 0 Å². The maximum Gasteiger partial charge on any atom is 0.307 e. The molecule has 106 valence electrons. The molecule has 0 amide bonds. The summed E-state index contributed by atoms with van der Waals surface area (Å²) in [5.74, 6) is 2.01.